The van der Waals surface area contributed by atoms with Crippen LogP contribution in [0.15, 0.2) is 288 Å². The molecule has 20 rings (SSSR count). The van der Waals surface area contributed by atoms with E-state index in [0.717, 1.165) is 149 Å². The molecule has 5 nitrogen and oxygen atoms in total. The van der Waals surface area contributed by atoms with Crippen molar-refractivity contribution in [3.05, 3.63) is 307 Å². The SMILES string of the molecule is COc1c(-c2ccccc2)c(-c2ccc3cccc4c3c2C(=O)C=C4)c(C)c(-c2ccccc2)c1-c1ccc2cccc3c2c1C(=O)C=C3.c1ccc(-c2c3[o+]c4ccc5cccc6ccc(c3c(-c3ccccc3)c3[o+]c7ccc8cccc9ccc(c23)c7c89)c4c56)cc1. The Hall–Kier alpha value is -12.4. The lowest BCUT2D eigenvalue weighted by Gasteiger charge is -2.28. The van der Waals surface area contributed by atoms with Gasteiger partial charge in [0.25, 0.3) is 0 Å². The number of methoxy groups -OCH3 is 1. The van der Waals surface area contributed by atoms with E-state index < -0.39 is 0 Å². The van der Waals surface area contributed by atoms with Gasteiger partial charge in [0.05, 0.1) is 17.9 Å². The number of fused-ring (bicyclic) bond motifs is 4. The van der Waals surface area contributed by atoms with Crippen molar-refractivity contribution in [3.8, 4) is 72.5 Å². The van der Waals surface area contributed by atoms with Crippen LogP contribution in [0.4, 0.5) is 0 Å². The number of hydrogen-bond donors (Lipinski definition) is 0. The van der Waals surface area contributed by atoms with Crippen molar-refractivity contribution in [2.45, 2.75) is 6.92 Å². The third-order valence-electron chi connectivity index (χ3n) is 20.0. The quantitative estimate of drug-likeness (QED) is 0.0904. The van der Waals surface area contributed by atoms with E-state index in [1.54, 1.807) is 19.3 Å². The fourth-order valence-corrected chi connectivity index (χ4v) is 16.1. The van der Waals surface area contributed by atoms with Crippen LogP contribution in [0.25, 0.3) is 187 Å². The lowest BCUT2D eigenvalue weighted by atomic mass is 9.76. The first kappa shape index (κ1) is 54.3. The minimum atomic E-state index is -0.0350. The summed E-state index contributed by atoms with van der Waals surface area (Å²) in [7, 11) is 1.70. The van der Waals surface area contributed by atoms with Crippen molar-refractivity contribution >= 4 is 132 Å². The highest BCUT2D eigenvalue weighted by Crippen LogP contribution is 2.57. The van der Waals surface area contributed by atoms with E-state index in [1.807, 2.05) is 60.7 Å². The molecule has 16 aromatic carbocycles. The van der Waals surface area contributed by atoms with Crippen LogP contribution in [0.2, 0.25) is 0 Å². The smallest absolute Gasteiger partial charge is 0.371 e. The lowest BCUT2D eigenvalue weighted by Crippen LogP contribution is -2.09. The van der Waals surface area contributed by atoms with E-state index >= 15 is 0 Å². The molecular formula is C90H54O5+2. The largest absolute Gasteiger partial charge is 0.495 e. The van der Waals surface area contributed by atoms with Crippen LogP contribution in [0, 0.1) is 6.92 Å². The van der Waals surface area contributed by atoms with E-state index in [-0.39, 0.29) is 11.6 Å². The monoisotopic (exact) mass is 1210 g/mol. The van der Waals surface area contributed by atoms with Gasteiger partial charge in [-0.05, 0) is 125 Å². The Morgan fingerprint density at radius 1 is 0.274 bits per heavy atom. The molecule has 0 aliphatic heterocycles. The molecule has 0 amide bonds. The molecule has 0 atom stereocenters. The van der Waals surface area contributed by atoms with Crippen molar-refractivity contribution in [2.24, 2.45) is 0 Å². The number of rotatable bonds is 7. The summed E-state index contributed by atoms with van der Waals surface area (Å²) in [6.45, 7) is 2.14. The number of ether oxygens (including phenoxy) is 1. The predicted octanol–water partition coefficient (Wildman–Crippen LogP) is 24.3. The summed E-state index contributed by atoms with van der Waals surface area (Å²) >= 11 is 0. The van der Waals surface area contributed by atoms with Gasteiger partial charge >= 0.3 is 22.3 Å². The van der Waals surface area contributed by atoms with E-state index in [9.17, 15) is 9.59 Å². The second kappa shape index (κ2) is 21.1. The van der Waals surface area contributed by atoms with Gasteiger partial charge in [-0.1, -0.05) is 255 Å². The Morgan fingerprint density at radius 2 is 0.632 bits per heavy atom. The van der Waals surface area contributed by atoms with Crippen LogP contribution in [-0.4, -0.2) is 18.7 Å². The minimum Gasteiger partial charge on any atom is -0.495 e. The second-order valence-corrected chi connectivity index (χ2v) is 25.0. The first-order valence-electron chi connectivity index (χ1n) is 32.2. The molecule has 0 spiro atoms. The van der Waals surface area contributed by atoms with Crippen LogP contribution in [0.5, 0.6) is 5.75 Å². The maximum atomic E-state index is 14.0. The molecule has 0 saturated carbocycles. The van der Waals surface area contributed by atoms with Crippen LogP contribution >= 0.6 is 0 Å². The van der Waals surface area contributed by atoms with Gasteiger partial charge < -0.3 is 4.74 Å². The molecule has 0 unspecified atom stereocenters. The van der Waals surface area contributed by atoms with Gasteiger partial charge in [-0.2, -0.15) is 0 Å². The molecule has 95 heavy (non-hydrogen) atoms. The standard InChI is InChI=1S/C46H30O3.C44H24O2/c1-27-38(28-11-5-3-6-12-28)45(35-24-20-31-16-10-18-33-22-26-37(48)44(35)41(31)33)46(49-2)42(29-13-7-4-8-14-29)39(27)34-23-19-30-15-9-17-32-21-25-36(47)43(34)40(30)32;1-3-9-25(10-4-1)37-41-31-21-17-27-13-7-15-29-20-24-34(39(31)35(27)29)46-44(41)38(26-11-5-2-6-12-26)42-32-22-18-28-14-8-16-30-19-23-33(45-43(37)42)40(32)36(28)30/h3-26H,1-2H3;1-24H/q;+2. The Balaban J connectivity index is 0.000000135. The number of allylic oxidation sites excluding steroid dienone is 2. The van der Waals surface area contributed by atoms with Gasteiger partial charge in [0.1, 0.15) is 27.6 Å². The first-order valence-corrected chi connectivity index (χ1v) is 32.2. The van der Waals surface area contributed by atoms with Crippen molar-refractivity contribution in [3.63, 3.8) is 0 Å². The van der Waals surface area contributed by atoms with Crippen molar-refractivity contribution in [1.82, 2.24) is 0 Å². The van der Waals surface area contributed by atoms with Crippen LogP contribution in [0.3, 0.4) is 0 Å². The predicted molar refractivity (Wildman–Crippen MR) is 394 cm³/mol. The van der Waals surface area contributed by atoms with Gasteiger partial charge in [-0.25, -0.2) is 8.83 Å². The summed E-state index contributed by atoms with van der Waals surface area (Å²) in [5.41, 5.74) is 19.5. The normalized spacial score (nSPS) is 12.7. The van der Waals surface area contributed by atoms with E-state index in [4.69, 9.17) is 13.6 Å². The van der Waals surface area contributed by atoms with Crippen LogP contribution < -0.4 is 4.74 Å². The molecule has 0 N–H and O–H groups in total. The molecule has 2 aliphatic rings. The highest BCUT2D eigenvalue weighted by atomic mass is 16.5. The molecule has 5 heteroatoms. The van der Waals surface area contributed by atoms with E-state index in [0.29, 0.717) is 16.9 Å². The van der Waals surface area contributed by atoms with Gasteiger partial charge in [-0.3, -0.25) is 9.59 Å². The molecule has 0 fully saturated rings. The maximum Gasteiger partial charge on any atom is 0.371 e. The molecule has 2 aromatic heterocycles. The molecule has 0 bridgehead atoms. The summed E-state index contributed by atoms with van der Waals surface area (Å²) in [4.78, 5) is 27.9. The number of ketones is 2. The Labute approximate surface area is 545 Å². The van der Waals surface area contributed by atoms with Gasteiger partial charge in [-0.15, -0.1) is 0 Å². The van der Waals surface area contributed by atoms with Gasteiger partial charge in [0, 0.05) is 66.7 Å². The summed E-state index contributed by atoms with van der Waals surface area (Å²) in [6, 6.07) is 93.2. The van der Waals surface area contributed by atoms with Crippen LogP contribution in [0.1, 0.15) is 37.4 Å². The van der Waals surface area contributed by atoms with Crippen molar-refractivity contribution in [1.29, 1.82) is 0 Å². The highest BCUT2D eigenvalue weighted by molar-refractivity contribution is 6.37. The molecule has 2 heterocycles. The number of carbonyl (C=O) groups excluding carboxylic acids is 2. The maximum absolute atomic E-state index is 14.0. The fourth-order valence-electron chi connectivity index (χ4n) is 16.1. The second-order valence-electron chi connectivity index (χ2n) is 25.0. The van der Waals surface area contributed by atoms with E-state index in [2.05, 4.69) is 225 Å². The Morgan fingerprint density at radius 3 is 1.05 bits per heavy atom. The average Bonchev–Trinajstić information content (AvgIpc) is 0.698. The Kier molecular flexibility index (Phi) is 12.0. The highest BCUT2D eigenvalue weighted by Gasteiger charge is 2.38. The molecule has 0 radical (unpaired) electrons. The first-order chi connectivity index (χ1) is 46.9. The third kappa shape index (κ3) is 8.03. The number of benzene rings is 16. The Bertz CT molecular complexity index is 6150. The summed E-state index contributed by atoms with van der Waals surface area (Å²) in [5.74, 6) is 0.596. The topological polar surface area (TPSA) is 66.0 Å². The molecule has 18 aromatic rings. The number of carbonyl (C=O) groups is 2. The summed E-state index contributed by atoms with van der Waals surface area (Å²) < 4.78 is 20.9. The van der Waals surface area contributed by atoms with Crippen LogP contribution in [-0.2, 0) is 0 Å². The molecule has 0 saturated heterocycles. The van der Waals surface area contributed by atoms with E-state index in [1.165, 1.54) is 43.1 Å². The lowest BCUT2D eigenvalue weighted by molar-refractivity contribution is 0.104. The molecular weight excluding hydrogens is 1160 g/mol. The summed E-state index contributed by atoms with van der Waals surface area (Å²) in [5, 5.41) is 18.0. The zero-order chi connectivity index (χ0) is 63.2. The van der Waals surface area contributed by atoms with Gasteiger partial charge in [0.15, 0.2) is 11.6 Å². The summed E-state index contributed by atoms with van der Waals surface area (Å²) in [6.07, 6.45) is 7.17. The number of hydrogen-bond acceptors (Lipinski definition) is 3. The van der Waals surface area contributed by atoms with Crippen molar-refractivity contribution < 1.29 is 23.2 Å². The minimum absolute atomic E-state index is 0.0223. The zero-order valence-electron chi connectivity index (χ0n) is 51.8. The van der Waals surface area contributed by atoms with Crippen molar-refractivity contribution in [2.75, 3.05) is 7.11 Å². The third-order valence-corrected chi connectivity index (χ3v) is 20.0. The average molecular weight is 1220 g/mol. The molecule has 442 valence electrons. The molecule has 2 aliphatic carbocycles. The van der Waals surface area contributed by atoms with Gasteiger partial charge in [0.2, 0.25) is 0 Å². The fraction of sp³-hybridized carbons (Fsp3) is 0.0222. The zero-order valence-corrected chi connectivity index (χ0v) is 51.8.